The summed E-state index contributed by atoms with van der Waals surface area (Å²) in [6.45, 7) is 25.8. The van der Waals surface area contributed by atoms with E-state index < -0.39 is 0 Å². The van der Waals surface area contributed by atoms with Gasteiger partial charge in [0.1, 0.15) is 0 Å². The first-order valence-electron chi connectivity index (χ1n) is 8.87. The van der Waals surface area contributed by atoms with Gasteiger partial charge in [-0.15, -0.1) is 0 Å². The fourth-order valence-corrected chi connectivity index (χ4v) is 3.89. The highest BCUT2D eigenvalue weighted by molar-refractivity contribution is 6.28. The number of hydrogen-bond acceptors (Lipinski definition) is 5. The molecular weight excluding hydrogens is 334 g/mol. The van der Waals surface area contributed by atoms with Crippen LogP contribution in [0.4, 0.5) is 11.9 Å². The van der Waals surface area contributed by atoms with E-state index in [0.717, 1.165) is 0 Å². The van der Waals surface area contributed by atoms with Crippen molar-refractivity contribution in [2.45, 2.75) is 105 Å². The van der Waals surface area contributed by atoms with Crippen molar-refractivity contribution in [1.29, 1.82) is 0 Å². The van der Waals surface area contributed by atoms with Crippen molar-refractivity contribution < 1.29 is 0 Å². The minimum atomic E-state index is -0.158. The standard InChI is InChI=1S/C19H36ClN5/c1-16(2,3)24(17(4,5)6)14-21-13(20)22-15(23-14)25(18(7,8)9)19(10,11)12/h1-12H3. The molecule has 0 atom stereocenters. The Balaban J connectivity index is 3.64. The molecule has 0 aliphatic carbocycles. The lowest BCUT2D eigenvalue weighted by atomic mass is 9.96. The molecule has 144 valence electrons. The van der Waals surface area contributed by atoms with Crippen molar-refractivity contribution in [2.75, 3.05) is 9.80 Å². The molecule has 0 saturated carbocycles. The monoisotopic (exact) mass is 369 g/mol. The van der Waals surface area contributed by atoms with Crippen LogP contribution < -0.4 is 9.80 Å². The molecular formula is C19H36ClN5. The van der Waals surface area contributed by atoms with E-state index in [9.17, 15) is 0 Å². The molecule has 0 aliphatic heterocycles. The highest BCUT2D eigenvalue weighted by Gasteiger charge is 2.37. The van der Waals surface area contributed by atoms with Gasteiger partial charge in [0, 0.05) is 22.2 Å². The number of rotatable bonds is 2. The van der Waals surface area contributed by atoms with E-state index in [1.165, 1.54) is 0 Å². The van der Waals surface area contributed by atoms with E-state index in [0.29, 0.717) is 11.9 Å². The summed E-state index contributed by atoms with van der Waals surface area (Å²) in [6.07, 6.45) is 0. The molecule has 0 saturated heterocycles. The smallest absolute Gasteiger partial charge is 0.232 e. The van der Waals surface area contributed by atoms with E-state index in [1.807, 2.05) is 0 Å². The minimum Gasteiger partial charge on any atom is -0.331 e. The first kappa shape index (κ1) is 21.9. The van der Waals surface area contributed by atoms with E-state index in [4.69, 9.17) is 16.6 Å². The van der Waals surface area contributed by atoms with Crippen LogP contribution in [0.15, 0.2) is 0 Å². The van der Waals surface area contributed by atoms with Crippen LogP contribution in [-0.2, 0) is 0 Å². The highest BCUT2D eigenvalue weighted by Crippen LogP contribution is 2.34. The van der Waals surface area contributed by atoms with E-state index in [2.05, 4.69) is 103 Å². The number of halogens is 1. The number of aromatic nitrogens is 3. The van der Waals surface area contributed by atoms with Crippen LogP contribution in [0.5, 0.6) is 0 Å². The maximum absolute atomic E-state index is 6.32. The van der Waals surface area contributed by atoms with Crippen LogP contribution in [0.2, 0.25) is 5.28 Å². The average Bonchev–Trinajstić information content (AvgIpc) is 2.17. The van der Waals surface area contributed by atoms with Gasteiger partial charge in [0.2, 0.25) is 17.2 Å². The van der Waals surface area contributed by atoms with Crippen molar-refractivity contribution in [1.82, 2.24) is 15.0 Å². The SMILES string of the molecule is CC(C)(C)N(c1nc(Cl)nc(N(C(C)(C)C)C(C)(C)C)n1)C(C)(C)C. The van der Waals surface area contributed by atoms with Gasteiger partial charge < -0.3 is 9.80 Å². The molecule has 1 rings (SSSR count). The predicted octanol–water partition coefficient (Wildman–Crippen LogP) is 5.33. The topological polar surface area (TPSA) is 45.2 Å². The van der Waals surface area contributed by atoms with Gasteiger partial charge in [-0.1, -0.05) is 0 Å². The number of nitrogens with zero attached hydrogens (tertiary/aromatic N) is 5. The Morgan fingerprint density at radius 2 is 0.760 bits per heavy atom. The summed E-state index contributed by atoms with van der Waals surface area (Å²) < 4.78 is 0. The number of hydrogen-bond donors (Lipinski definition) is 0. The average molecular weight is 370 g/mol. The zero-order valence-corrected chi connectivity index (χ0v) is 18.9. The zero-order valence-electron chi connectivity index (χ0n) is 18.1. The Bertz CT molecular complexity index is 522. The second kappa shape index (κ2) is 6.57. The minimum absolute atomic E-state index is 0.158. The second-order valence-corrected chi connectivity index (χ2v) is 10.9. The lowest BCUT2D eigenvalue weighted by Crippen LogP contribution is -2.55. The summed E-state index contributed by atoms with van der Waals surface area (Å²) in [4.78, 5) is 18.1. The maximum atomic E-state index is 6.32. The molecule has 6 heteroatoms. The molecule has 25 heavy (non-hydrogen) atoms. The van der Waals surface area contributed by atoms with Gasteiger partial charge in [-0.25, -0.2) is 0 Å². The molecule has 0 fully saturated rings. The van der Waals surface area contributed by atoms with Crippen LogP contribution >= 0.6 is 11.6 Å². The summed E-state index contributed by atoms with van der Waals surface area (Å²) in [6, 6.07) is 0. The van der Waals surface area contributed by atoms with Crippen molar-refractivity contribution in [3.63, 3.8) is 0 Å². The predicted molar refractivity (Wildman–Crippen MR) is 109 cm³/mol. The van der Waals surface area contributed by atoms with Gasteiger partial charge in [-0.3, -0.25) is 0 Å². The molecule has 0 amide bonds. The van der Waals surface area contributed by atoms with Crippen molar-refractivity contribution in [3.8, 4) is 0 Å². The second-order valence-electron chi connectivity index (χ2n) is 10.6. The van der Waals surface area contributed by atoms with Crippen molar-refractivity contribution in [2.24, 2.45) is 0 Å². The van der Waals surface area contributed by atoms with Gasteiger partial charge in [0.25, 0.3) is 0 Å². The zero-order chi connectivity index (χ0) is 20.0. The van der Waals surface area contributed by atoms with Gasteiger partial charge in [0.15, 0.2) is 0 Å². The van der Waals surface area contributed by atoms with Crippen LogP contribution in [0, 0.1) is 0 Å². The van der Waals surface area contributed by atoms with Crippen LogP contribution in [0.3, 0.4) is 0 Å². The van der Waals surface area contributed by atoms with Crippen LogP contribution in [0.1, 0.15) is 83.1 Å². The molecule has 0 aromatic carbocycles. The van der Waals surface area contributed by atoms with E-state index >= 15 is 0 Å². The summed E-state index contributed by atoms with van der Waals surface area (Å²) >= 11 is 6.32. The third-order valence-corrected chi connectivity index (χ3v) is 3.84. The first-order chi connectivity index (χ1) is 10.8. The molecule has 1 aromatic rings. The fraction of sp³-hybridized carbons (Fsp3) is 0.842. The fourth-order valence-electron chi connectivity index (χ4n) is 3.74. The number of anilines is 2. The lowest BCUT2D eigenvalue weighted by Gasteiger charge is -2.47. The Morgan fingerprint density at radius 1 is 0.520 bits per heavy atom. The highest BCUT2D eigenvalue weighted by atomic mass is 35.5. The Morgan fingerprint density at radius 3 is 0.960 bits per heavy atom. The van der Waals surface area contributed by atoms with E-state index in [-0.39, 0.29) is 27.4 Å². The summed E-state index contributed by atoms with van der Waals surface area (Å²) in [5.41, 5.74) is -0.633. The third kappa shape index (κ3) is 5.44. The molecule has 0 bridgehead atoms. The van der Waals surface area contributed by atoms with Crippen LogP contribution in [0.25, 0.3) is 0 Å². The van der Waals surface area contributed by atoms with Crippen molar-refractivity contribution >= 4 is 23.5 Å². The maximum Gasteiger partial charge on any atom is 0.232 e. The Hall–Kier alpha value is -1.10. The van der Waals surface area contributed by atoms with E-state index in [1.54, 1.807) is 0 Å². The molecule has 0 N–H and O–H groups in total. The van der Waals surface area contributed by atoms with Crippen molar-refractivity contribution in [3.05, 3.63) is 5.28 Å². The summed E-state index contributed by atoms with van der Waals surface area (Å²) in [5.74, 6) is 1.21. The third-order valence-electron chi connectivity index (χ3n) is 3.67. The summed E-state index contributed by atoms with van der Waals surface area (Å²) in [5, 5.41) is 0.219. The van der Waals surface area contributed by atoms with Crippen LogP contribution in [-0.4, -0.2) is 37.1 Å². The Kier molecular flexibility index (Phi) is 5.76. The molecule has 1 heterocycles. The first-order valence-corrected chi connectivity index (χ1v) is 9.25. The molecule has 5 nitrogen and oxygen atoms in total. The quantitative estimate of drug-likeness (QED) is 0.704. The van der Waals surface area contributed by atoms with Gasteiger partial charge >= 0.3 is 0 Å². The molecule has 0 aliphatic rings. The molecule has 1 aromatic heterocycles. The van der Waals surface area contributed by atoms with Gasteiger partial charge in [-0.2, -0.15) is 15.0 Å². The molecule has 0 radical (unpaired) electrons. The van der Waals surface area contributed by atoms with Gasteiger partial charge in [-0.05, 0) is 94.7 Å². The lowest BCUT2D eigenvalue weighted by molar-refractivity contribution is 0.363. The Labute approximate surface area is 159 Å². The van der Waals surface area contributed by atoms with Gasteiger partial charge in [0.05, 0.1) is 0 Å². The molecule has 0 unspecified atom stereocenters. The normalized spacial score (nSPS) is 13.8. The largest absolute Gasteiger partial charge is 0.331 e. The summed E-state index contributed by atoms with van der Waals surface area (Å²) in [7, 11) is 0. The molecule has 0 spiro atoms.